The standard InChI is InChI=1S/C24H21N/c1-3-15-25(16-4-2)17-14-18-8-9-21-11-10-19-6-5-7-20-12-13-22(18)24(21)23(19)20/h3-14,17H,1-2,15-16H2. The number of nitrogens with zero attached hydrogens (tertiary/aromatic N) is 1. The summed E-state index contributed by atoms with van der Waals surface area (Å²) < 4.78 is 0. The molecule has 0 atom stereocenters. The van der Waals surface area contributed by atoms with Crippen LogP contribution in [0, 0.1) is 0 Å². The minimum atomic E-state index is 0.814. The topological polar surface area (TPSA) is 3.24 Å². The van der Waals surface area contributed by atoms with Crippen LogP contribution in [0.4, 0.5) is 0 Å². The van der Waals surface area contributed by atoms with Gasteiger partial charge in [0, 0.05) is 19.3 Å². The Morgan fingerprint density at radius 3 is 2.00 bits per heavy atom. The molecule has 0 aliphatic heterocycles. The van der Waals surface area contributed by atoms with E-state index in [1.165, 1.54) is 37.9 Å². The molecule has 0 amide bonds. The zero-order valence-corrected chi connectivity index (χ0v) is 14.3. The van der Waals surface area contributed by atoms with Crippen molar-refractivity contribution in [3.63, 3.8) is 0 Å². The molecule has 0 aromatic heterocycles. The molecule has 0 fully saturated rings. The fraction of sp³-hybridized carbons (Fsp3) is 0.0833. The van der Waals surface area contributed by atoms with Gasteiger partial charge in [-0.2, -0.15) is 0 Å². The molecular weight excluding hydrogens is 302 g/mol. The van der Waals surface area contributed by atoms with Gasteiger partial charge >= 0.3 is 0 Å². The molecule has 0 heterocycles. The molecule has 0 spiro atoms. The van der Waals surface area contributed by atoms with Crippen LogP contribution in [0.15, 0.2) is 86.1 Å². The molecule has 122 valence electrons. The summed E-state index contributed by atoms with van der Waals surface area (Å²) >= 11 is 0. The average Bonchev–Trinajstić information content (AvgIpc) is 2.65. The summed E-state index contributed by atoms with van der Waals surface area (Å²) in [5.41, 5.74) is 1.24. The third-order valence-corrected chi connectivity index (χ3v) is 4.75. The molecule has 0 unspecified atom stereocenters. The van der Waals surface area contributed by atoms with Crippen molar-refractivity contribution in [2.45, 2.75) is 0 Å². The Bertz CT molecular complexity index is 1060. The van der Waals surface area contributed by atoms with Crippen molar-refractivity contribution in [2.75, 3.05) is 13.1 Å². The molecule has 4 rings (SSSR count). The lowest BCUT2D eigenvalue weighted by molar-refractivity contribution is 0.465. The zero-order valence-electron chi connectivity index (χ0n) is 14.3. The molecule has 0 bridgehead atoms. The monoisotopic (exact) mass is 323 g/mol. The van der Waals surface area contributed by atoms with E-state index >= 15 is 0 Å². The van der Waals surface area contributed by atoms with Gasteiger partial charge in [0.2, 0.25) is 0 Å². The highest BCUT2D eigenvalue weighted by molar-refractivity contribution is 6.24. The van der Waals surface area contributed by atoms with E-state index in [4.69, 9.17) is 0 Å². The lowest BCUT2D eigenvalue weighted by Gasteiger charge is -2.16. The summed E-state index contributed by atoms with van der Waals surface area (Å²) in [6.07, 6.45) is 8.16. The van der Waals surface area contributed by atoms with Crippen molar-refractivity contribution in [3.05, 3.63) is 91.7 Å². The van der Waals surface area contributed by atoms with Gasteiger partial charge in [0.05, 0.1) is 0 Å². The quantitative estimate of drug-likeness (QED) is 0.300. The summed E-state index contributed by atoms with van der Waals surface area (Å²) in [5.74, 6) is 0. The Morgan fingerprint density at radius 2 is 1.32 bits per heavy atom. The third kappa shape index (κ3) is 2.68. The van der Waals surface area contributed by atoms with E-state index in [1.807, 2.05) is 12.2 Å². The molecule has 0 N–H and O–H groups in total. The Morgan fingerprint density at radius 1 is 0.720 bits per heavy atom. The minimum absolute atomic E-state index is 0.814. The molecule has 0 saturated heterocycles. The van der Waals surface area contributed by atoms with Crippen molar-refractivity contribution in [2.24, 2.45) is 0 Å². The van der Waals surface area contributed by atoms with E-state index < -0.39 is 0 Å². The average molecular weight is 323 g/mol. The predicted octanol–water partition coefficient (Wildman–Crippen LogP) is 6.23. The van der Waals surface area contributed by atoms with E-state index in [1.54, 1.807) is 0 Å². The first-order valence-corrected chi connectivity index (χ1v) is 8.62. The molecule has 0 radical (unpaired) electrons. The number of benzene rings is 4. The molecular formula is C24H21N. The smallest absolute Gasteiger partial charge is 0.0354 e. The largest absolute Gasteiger partial charge is 0.370 e. The van der Waals surface area contributed by atoms with Crippen LogP contribution in [0.25, 0.3) is 38.4 Å². The van der Waals surface area contributed by atoms with Crippen molar-refractivity contribution in [1.82, 2.24) is 4.90 Å². The molecule has 1 heteroatoms. The maximum atomic E-state index is 3.83. The van der Waals surface area contributed by atoms with Crippen LogP contribution in [-0.2, 0) is 0 Å². The summed E-state index contributed by atoms with van der Waals surface area (Å²) in [7, 11) is 0. The number of rotatable bonds is 6. The van der Waals surface area contributed by atoms with Crippen LogP contribution < -0.4 is 0 Å². The molecule has 4 aromatic rings. The van der Waals surface area contributed by atoms with E-state index in [0.29, 0.717) is 0 Å². The second-order valence-corrected chi connectivity index (χ2v) is 6.36. The minimum Gasteiger partial charge on any atom is -0.370 e. The zero-order chi connectivity index (χ0) is 17.2. The number of hydrogen-bond acceptors (Lipinski definition) is 1. The summed E-state index contributed by atoms with van der Waals surface area (Å²) in [6.45, 7) is 9.29. The highest BCUT2D eigenvalue weighted by Gasteiger charge is 2.09. The van der Waals surface area contributed by atoms with E-state index in [-0.39, 0.29) is 0 Å². The van der Waals surface area contributed by atoms with Gasteiger partial charge in [0.25, 0.3) is 0 Å². The molecule has 0 aliphatic carbocycles. The van der Waals surface area contributed by atoms with Gasteiger partial charge in [-0.1, -0.05) is 66.7 Å². The van der Waals surface area contributed by atoms with Crippen molar-refractivity contribution < 1.29 is 0 Å². The fourth-order valence-corrected chi connectivity index (χ4v) is 3.62. The Kier molecular flexibility index (Phi) is 3.99. The lowest BCUT2D eigenvalue weighted by atomic mass is 9.92. The highest BCUT2D eigenvalue weighted by Crippen LogP contribution is 2.36. The van der Waals surface area contributed by atoms with Crippen molar-refractivity contribution >= 4 is 38.4 Å². The van der Waals surface area contributed by atoms with E-state index in [0.717, 1.165) is 13.1 Å². The molecule has 25 heavy (non-hydrogen) atoms. The van der Waals surface area contributed by atoms with Gasteiger partial charge in [0.1, 0.15) is 0 Å². The molecule has 0 aliphatic rings. The third-order valence-electron chi connectivity index (χ3n) is 4.75. The second-order valence-electron chi connectivity index (χ2n) is 6.36. The Balaban J connectivity index is 1.90. The van der Waals surface area contributed by atoms with Gasteiger partial charge in [-0.15, -0.1) is 13.2 Å². The summed E-state index contributed by atoms with van der Waals surface area (Å²) in [5, 5.41) is 7.92. The van der Waals surface area contributed by atoms with Crippen LogP contribution >= 0.6 is 0 Å². The van der Waals surface area contributed by atoms with Gasteiger partial charge < -0.3 is 4.90 Å². The predicted molar refractivity (Wildman–Crippen MR) is 111 cm³/mol. The second kappa shape index (κ2) is 6.45. The van der Waals surface area contributed by atoms with Crippen molar-refractivity contribution in [3.8, 4) is 0 Å². The maximum absolute atomic E-state index is 3.83. The van der Waals surface area contributed by atoms with Gasteiger partial charge in [0.15, 0.2) is 0 Å². The highest BCUT2D eigenvalue weighted by atomic mass is 15.1. The number of hydrogen-bond donors (Lipinski definition) is 0. The van der Waals surface area contributed by atoms with Crippen LogP contribution in [-0.4, -0.2) is 18.0 Å². The normalized spacial score (nSPS) is 11.7. The van der Waals surface area contributed by atoms with Crippen molar-refractivity contribution in [1.29, 1.82) is 0 Å². The van der Waals surface area contributed by atoms with Crippen LogP contribution in [0.3, 0.4) is 0 Å². The van der Waals surface area contributed by atoms with Gasteiger partial charge in [-0.3, -0.25) is 0 Å². The first kappa shape index (κ1) is 15.5. The Labute approximate surface area is 148 Å². The van der Waals surface area contributed by atoms with Gasteiger partial charge in [-0.25, -0.2) is 0 Å². The van der Waals surface area contributed by atoms with Crippen LogP contribution in [0.2, 0.25) is 0 Å². The molecule has 1 nitrogen and oxygen atoms in total. The van der Waals surface area contributed by atoms with E-state index in [2.05, 4.69) is 84.9 Å². The van der Waals surface area contributed by atoms with E-state index in [9.17, 15) is 0 Å². The SMILES string of the molecule is C=CCN(C=Cc1ccc2ccc3cccc4ccc1c2c34)CC=C. The maximum Gasteiger partial charge on any atom is 0.0354 e. The first-order valence-electron chi connectivity index (χ1n) is 8.62. The molecule has 4 aromatic carbocycles. The van der Waals surface area contributed by atoms with Crippen LogP contribution in [0.1, 0.15) is 5.56 Å². The lowest BCUT2D eigenvalue weighted by Crippen LogP contribution is -2.16. The summed E-state index contributed by atoms with van der Waals surface area (Å²) in [6, 6.07) is 19.9. The Hall–Kier alpha value is -3.06. The summed E-state index contributed by atoms with van der Waals surface area (Å²) in [4.78, 5) is 2.19. The first-order chi connectivity index (χ1) is 12.3. The van der Waals surface area contributed by atoms with Crippen LogP contribution in [0.5, 0.6) is 0 Å². The molecule has 0 saturated carbocycles. The van der Waals surface area contributed by atoms with Gasteiger partial charge in [-0.05, 0) is 44.0 Å². The fourth-order valence-electron chi connectivity index (χ4n) is 3.62.